The van der Waals surface area contributed by atoms with Crippen molar-refractivity contribution in [3.05, 3.63) is 59.2 Å². The highest BCUT2D eigenvalue weighted by molar-refractivity contribution is 5.99. The van der Waals surface area contributed by atoms with E-state index in [1.807, 2.05) is 45.9 Å². The SMILES string of the molecule is CCC(C)C(NC(=O)OC(C)(C)C)C(=O)N(C(C(=O)Nc1ccc(OC)cc1)c1cc(C)cc(C)c1)C1CC1C. The van der Waals surface area contributed by atoms with Gasteiger partial charge in [-0.2, -0.15) is 0 Å². The van der Waals surface area contributed by atoms with Crippen LogP contribution in [0.2, 0.25) is 0 Å². The molecule has 1 aliphatic carbocycles. The zero-order valence-electron chi connectivity index (χ0n) is 25.3. The molecular weight excluding hydrogens is 506 g/mol. The summed E-state index contributed by atoms with van der Waals surface area (Å²) in [5.41, 5.74) is 2.62. The molecule has 1 fully saturated rings. The molecule has 1 aliphatic rings. The molecule has 8 nitrogen and oxygen atoms in total. The average molecular weight is 552 g/mol. The van der Waals surface area contributed by atoms with Gasteiger partial charge >= 0.3 is 6.09 Å². The number of amides is 3. The first-order valence-electron chi connectivity index (χ1n) is 14.1. The van der Waals surface area contributed by atoms with Gasteiger partial charge in [0.15, 0.2) is 0 Å². The Morgan fingerprint density at radius 3 is 2.10 bits per heavy atom. The number of aryl methyl sites for hydroxylation is 2. The minimum absolute atomic E-state index is 0.132. The van der Waals surface area contributed by atoms with Gasteiger partial charge in [0.1, 0.15) is 23.4 Å². The highest BCUT2D eigenvalue weighted by Gasteiger charge is 2.49. The Hall–Kier alpha value is -3.55. The average Bonchev–Trinajstić information content (AvgIpc) is 3.59. The molecule has 0 bridgehead atoms. The Morgan fingerprint density at radius 2 is 1.62 bits per heavy atom. The summed E-state index contributed by atoms with van der Waals surface area (Å²) in [5.74, 6) is 0.120. The molecule has 0 saturated heterocycles. The summed E-state index contributed by atoms with van der Waals surface area (Å²) in [6.07, 6.45) is 0.787. The van der Waals surface area contributed by atoms with Crippen molar-refractivity contribution in [3.8, 4) is 5.75 Å². The smallest absolute Gasteiger partial charge is 0.408 e. The molecule has 2 N–H and O–H groups in total. The molecule has 0 spiro atoms. The lowest BCUT2D eigenvalue weighted by Gasteiger charge is -2.36. The van der Waals surface area contributed by atoms with Crippen LogP contribution in [0.15, 0.2) is 42.5 Å². The van der Waals surface area contributed by atoms with E-state index in [0.29, 0.717) is 17.9 Å². The number of hydrogen-bond acceptors (Lipinski definition) is 5. The molecule has 2 aromatic rings. The van der Waals surface area contributed by atoms with Crippen molar-refractivity contribution in [1.29, 1.82) is 0 Å². The van der Waals surface area contributed by atoms with Crippen LogP contribution in [0, 0.1) is 25.7 Å². The number of hydrogen-bond donors (Lipinski definition) is 2. The van der Waals surface area contributed by atoms with E-state index in [-0.39, 0.29) is 29.7 Å². The molecule has 5 atom stereocenters. The van der Waals surface area contributed by atoms with Crippen LogP contribution in [-0.4, -0.2) is 47.6 Å². The second-order valence-electron chi connectivity index (χ2n) is 12.1. The minimum atomic E-state index is -0.893. The Bertz CT molecular complexity index is 1180. The van der Waals surface area contributed by atoms with Crippen molar-refractivity contribution in [3.63, 3.8) is 0 Å². The van der Waals surface area contributed by atoms with Gasteiger partial charge in [-0.25, -0.2) is 4.79 Å². The van der Waals surface area contributed by atoms with Gasteiger partial charge < -0.3 is 25.0 Å². The van der Waals surface area contributed by atoms with E-state index in [4.69, 9.17) is 9.47 Å². The fourth-order valence-electron chi connectivity index (χ4n) is 4.94. The Morgan fingerprint density at radius 1 is 1.05 bits per heavy atom. The third-order valence-electron chi connectivity index (χ3n) is 7.27. The van der Waals surface area contributed by atoms with Crippen LogP contribution < -0.4 is 15.4 Å². The molecule has 0 heterocycles. The molecule has 1 saturated carbocycles. The standard InChI is InChI=1S/C32H45N3O5/c1-10-21(4)27(34-31(38)40-32(6,7)8)30(37)35(26-18-22(26)5)28(23-16-19(2)15-20(3)17-23)29(36)33-24-11-13-25(39-9)14-12-24/h11-17,21-22,26-28H,10,18H2,1-9H3,(H,33,36)(H,34,38). The van der Waals surface area contributed by atoms with Gasteiger partial charge in [-0.05, 0) is 82.7 Å². The first-order valence-corrected chi connectivity index (χ1v) is 14.1. The van der Waals surface area contributed by atoms with E-state index >= 15 is 0 Å². The summed E-state index contributed by atoms with van der Waals surface area (Å²) in [4.78, 5) is 43.1. The zero-order chi connectivity index (χ0) is 29.8. The van der Waals surface area contributed by atoms with Gasteiger partial charge in [0, 0.05) is 11.7 Å². The molecule has 0 radical (unpaired) electrons. The number of anilines is 1. The number of nitrogens with zero attached hydrogens (tertiary/aromatic N) is 1. The normalized spacial score (nSPS) is 18.6. The summed E-state index contributed by atoms with van der Waals surface area (Å²) in [6, 6.07) is 11.2. The Labute approximate surface area is 238 Å². The summed E-state index contributed by atoms with van der Waals surface area (Å²) < 4.78 is 10.8. The third kappa shape index (κ3) is 7.99. The van der Waals surface area contributed by atoms with Crippen molar-refractivity contribution in [1.82, 2.24) is 10.2 Å². The first kappa shape index (κ1) is 31.0. The van der Waals surface area contributed by atoms with Gasteiger partial charge in [0.05, 0.1) is 7.11 Å². The Kier molecular flexibility index (Phi) is 9.87. The number of benzene rings is 2. The van der Waals surface area contributed by atoms with Crippen LogP contribution >= 0.6 is 0 Å². The predicted octanol–water partition coefficient (Wildman–Crippen LogP) is 6.17. The van der Waals surface area contributed by atoms with E-state index in [9.17, 15) is 14.4 Å². The summed E-state index contributed by atoms with van der Waals surface area (Å²) >= 11 is 0. The number of carbonyl (C=O) groups excluding carboxylic acids is 3. The second kappa shape index (κ2) is 12.7. The fraction of sp³-hybridized carbons (Fsp3) is 0.531. The first-order chi connectivity index (χ1) is 18.7. The number of rotatable bonds is 10. The number of ether oxygens (including phenoxy) is 2. The van der Waals surface area contributed by atoms with Crippen molar-refractivity contribution < 1.29 is 23.9 Å². The maximum Gasteiger partial charge on any atom is 0.408 e. The summed E-state index contributed by atoms with van der Waals surface area (Å²) in [7, 11) is 1.59. The highest BCUT2D eigenvalue weighted by atomic mass is 16.6. The molecular formula is C32H45N3O5. The van der Waals surface area contributed by atoms with Crippen LogP contribution in [0.5, 0.6) is 5.75 Å². The number of methoxy groups -OCH3 is 1. The molecule has 3 rings (SSSR count). The van der Waals surface area contributed by atoms with E-state index in [0.717, 1.165) is 23.1 Å². The van der Waals surface area contributed by atoms with Crippen LogP contribution in [0.4, 0.5) is 10.5 Å². The molecule has 8 heteroatoms. The maximum atomic E-state index is 14.5. The third-order valence-corrected chi connectivity index (χ3v) is 7.27. The topological polar surface area (TPSA) is 97.0 Å². The highest BCUT2D eigenvalue weighted by Crippen LogP contribution is 2.41. The minimum Gasteiger partial charge on any atom is -0.497 e. The summed E-state index contributed by atoms with van der Waals surface area (Å²) in [6.45, 7) is 15.3. The molecule has 2 aromatic carbocycles. The van der Waals surface area contributed by atoms with Crippen LogP contribution in [0.25, 0.3) is 0 Å². The van der Waals surface area contributed by atoms with Gasteiger partial charge in [-0.1, -0.05) is 56.5 Å². The maximum absolute atomic E-state index is 14.5. The van der Waals surface area contributed by atoms with Crippen LogP contribution in [-0.2, 0) is 14.3 Å². The van der Waals surface area contributed by atoms with Crippen LogP contribution in [0.1, 0.15) is 77.1 Å². The van der Waals surface area contributed by atoms with Crippen LogP contribution in [0.3, 0.4) is 0 Å². The van der Waals surface area contributed by atoms with Crippen molar-refractivity contribution >= 4 is 23.6 Å². The lowest BCUT2D eigenvalue weighted by atomic mass is 9.94. The zero-order valence-corrected chi connectivity index (χ0v) is 25.3. The van der Waals surface area contributed by atoms with Crippen molar-refractivity contribution in [2.45, 2.75) is 92.0 Å². The van der Waals surface area contributed by atoms with Gasteiger partial charge in [0.25, 0.3) is 5.91 Å². The lowest BCUT2D eigenvalue weighted by Crippen LogP contribution is -2.55. The van der Waals surface area contributed by atoms with E-state index in [1.165, 1.54) is 0 Å². The van der Waals surface area contributed by atoms with E-state index < -0.39 is 23.8 Å². The van der Waals surface area contributed by atoms with Gasteiger partial charge in [-0.3, -0.25) is 9.59 Å². The number of nitrogens with one attached hydrogen (secondary N) is 2. The molecule has 3 amide bonds. The van der Waals surface area contributed by atoms with Crippen molar-refractivity contribution in [2.24, 2.45) is 11.8 Å². The monoisotopic (exact) mass is 551 g/mol. The molecule has 40 heavy (non-hydrogen) atoms. The van der Waals surface area contributed by atoms with E-state index in [2.05, 4.69) is 17.6 Å². The van der Waals surface area contributed by atoms with Gasteiger partial charge in [0.2, 0.25) is 5.91 Å². The second-order valence-corrected chi connectivity index (χ2v) is 12.1. The Balaban J connectivity index is 2.06. The molecule has 0 aliphatic heterocycles. The van der Waals surface area contributed by atoms with Crippen molar-refractivity contribution in [2.75, 3.05) is 12.4 Å². The number of alkyl carbamates (subject to hydrolysis) is 1. The molecule has 0 aromatic heterocycles. The predicted molar refractivity (Wildman–Crippen MR) is 157 cm³/mol. The number of carbonyl (C=O) groups is 3. The van der Waals surface area contributed by atoms with E-state index in [1.54, 1.807) is 57.0 Å². The molecule has 5 unspecified atom stereocenters. The summed E-state index contributed by atoms with van der Waals surface area (Å²) in [5, 5.41) is 5.85. The molecule has 218 valence electrons. The fourth-order valence-corrected chi connectivity index (χ4v) is 4.94. The largest absolute Gasteiger partial charge is 0.497 e. The lowest BCUT2D eigenvalue weighted by molar-refractivity contribution is -0.142. The van der Waals surface area contributed by atoms with Gasteiger partial charge in [-0.15, -0.1) is 0 Å². The quantitative estimate of drug-likeness (QED) is 0.368.